The molecule has 1 aromatic carbocycles. The van der Waals surface area contributed by atoms with E-state index in [1.165, 1.54) is 5.56 Å². The smallest absolute Gasteiger partial charge is 0.191 e. The van der Waals surface area contributed by atoms with Crippen LogP contribution in [0.5, 0.6) is 0 Å². The Morgan fingerprint density at radius 1 is 1.42 bits per heavy atom. The highest BCUT2D eigenvalue weighted by Crippen LogP contribution is 2.48. The van der Waals surface area contributed by atoms with Crippen LogP contribution in [-0.2, 0) is 15.3 Å². The molecule has 2 aliphatic rings. The van der Waals surface area contributed by atoms with E-state index in [0.717, 1.165) is 24.4 Å². The van der Waals surface area contributed by atoms with Crippen molar-refractivity contribution in [3.8, 4) is 0 Å². The summed E-state index contributed by atoms with van der Waals surface area (Å²) in [6.45, 7) is 3.43. The average molecular weight is 370 g/mol. The van der Waals surface area contributed by atoms with E-state index >= 15 is 0 Å². The van der Waals surface area contributed by atoms with E-state index in [1.807, 2.05) is 25.1 Å². The fraction of sp³-hybridized carbons (Fsp3) is 0.588. The van der Waals surface area contributed by atoms with Crippen molar-refractivity contribution in [3.05, 3.63) is 34.9 Å². The molecule has 2 fully saturated rings. The van der Waals surface area contributed by atoms with Crippen LogP contribution in [-0.4, -0.2) is 45.0 Å². The van der Waals surface area contributed by atoms with Gasteiger partial charge in [-0.25, -0.2) is 8.42 Å². The number of nitrogens with zero attached hydrogens (tertiary/aromatic N) is 1. The minimum absolute atomic E-state index is 0.0471. The normalized spacial score (nSPS) is 24.6. The van der Waals surface area contributed by atoms with Gasteiger partial charge in [0, 0.05) is 23.0 Å². The van der Waals surface area contributed by atoms with Gasteiger partial charge >= 0.3 is 0 Å². The standard InChI is InChI=1S/C17H24ClN3O2S/c1-2-19-16(21-15-6-9-24(22,23)11-15)20-12-17(7-8-17)13-4-3-5-14(18)10-13/h3-5,10,15H,2,6-9,11-12H2,1H3,(H2,19,20,21). The van der Waals surface area contributed by atoms with Crippen molar-refractivity contribution in [1.29, 1.82) is 0 Å². The van der Waals surface area contributed by atoms with Crippen molar-refractivity contribution < 1.29 is 8.42 Å². The summed E-state index contributed by atoms with van der Waals surface area (Å²) in [4.78, 5) is 4.72. The summed E-state index contributed by atoms with van der Waals surface area (Å²) in [6, 6.07) is 7.95. The van der Waals surface area contributed by atoms with Gasteiger partial charge in [-0.05, 0) is 43.9 Å². The Morgan fingerprint density at radius 3 is 2.79 bits per heavy atom. The van der Waals surface area contributed by atoms with E-state index in [4.69, 9.17) is 16.6 Å². The zero-order valence-electron chi connectivity index (χ0n) is 13.9. The zero-order valence-corrected chi connectivity index (χ0v) is 15.5. The lowest BCUT2D eigenvalue weighted by atomic mass is 9.96. The van der Waals surface area contributed by atoms with E-state index in [9.17, 15) is 8.42 Å². The number of nitrogens with one attached hydrogen (secondary N) is 2. The SMILES string of the molecule is CCNC(=NCC1(c2cccc(Cl)c2)CC1)NC1CCS(=O)(=O)C1. The molecular weight excluding hydrogens is 346 g/mol. The molecule has 1 atom stereocenters. The van der Waals surface area contributed by atoms with E-state index in [-0.39, 0.29) is 23.0 Å². The monoisotopic (exact) mass is 369 g/mol. The summed E-state index contributed by atoms with van der Waals surface area (Å²) in [5, 5.41) is 7.24. The fourth-order valence-corrected chi connectivity index (χ4v) is 5.02. The van der Waals surface area contributed by atoms with Gasteiger partial charge < -0.3 is 10.6 Å². The first kappa shape index (κ1) is 17.5. The summed E-state index contributed by atoms with van der Waals surface area (Å²) in [6.07, 6.45) is 2.86. The molecule has 1 aliphatic carbocycles. The lowest BCUT2D eigenvalue weighted by Gasteiger charge is -2.18. The third kappa shape index (κ3) is 4.22. The van der Waals surface area contributed by atoms with Crippen molar-refractivity contribution in [2.45, 2.75) is 37.6 Å². The van der Waals surface area contributed by atoms with Gasteiger partial charge in [-0.1, -0.05) is 23.7 Å². The molecule has 2 N–H and O–H groups in total. The predicted octanol–water partition coefficient (Wildman–Crippen LogP) is 2.11. The first-order valence-electron chi connectivity index (χ1n) is 8.44. The average Bonchev–Trinajstić information content (AvgIpc) is 3.24. The molecule has 5 nitrogen and oxygen atoms in total. The van der Waals surface area contributed by atoms with Gasteiger partial charge in [0.15, 0.2) is 15.8 Å². The Labute approximate surface area is 148 Å². The Morgan fingerprint density at radius 2 is 2.21 bits per heavy atom. The van der Waals surface area contributed by atoms with Crippen molar-refractivity contribution in [2.75, 3.05) is 24.6 Å². The Kier molecular flexibility index (Phi) is 5.06. The van der Waals surface area contributed by atoms with Gasteiger partial charge in [-0.3, -0.25) is 4.99 Å². The molecule has 0 radical (unpaired) electrons. The van der Waals surface area contributed by atoms with E-state index in [0.29, 0.717) is 18.9 Å². The minimum atomic E-state index is -2.89. The van der Waals surface area contributed by atoms with E-state index < -0.39 is 9.84 Å². The fourth-order valence-electron chi connectivity index (χ4n) is 3.16. The molecule has 7 heteroatoms. The second-order valence-corrected chi connectivity index (χ2v) is 9.40. The number of benzene rings is 1. The van der Waals surface area contributed by atoms with Crippen LogP contribution in [0.15, 0.2) is 29.3 Å². The lowest BCUT2D eigenvalue weighted by Crippen LogP contribution is -2.44. The highest BCUT2D eigenvalue weighted by molar-refractivity contribution is 7.91. The number of aliphatic imine (C=N–C) groups is 1. The number of rotatable bonds is 5. The van der Waals surface area contributed by atoms with Crippen LogP contribution in [0.4, 0.5) is 0 Å². The van der Waals surface area contributed by atoms with Crippen LogP contribution in [0, 0.1) is 0 Å². The van der Waals surface area contributed by atoms with Crippen LogP contribution in [0.25, 0.3) is 0 Å². The van der Waals surface area contributed by atoms with Gasteiger partial charge in [0.05, 0.1) is 18.1 Å². The highest BCUT2D eigenvalue weighted by atomic mass is 35.5. The topological polar surface area (TPSA) is 70.6 Å². The molecule has 1 aliphatic heterocycles. The first-order chi connectivity index (χ1) is 11.4. The molecule has 132 valence electrons. The third-order valence-corrected chi connectivity index (χ3v) is 6.75. The van der Waals surface area contributed by atoms with Crippen molar-refractivity contribution in [1.82, 2.24) is 10.6 Å². The summed E-state index contributed by atoms with van der Waals surface area (Å²) in [7, 11) is -2.89. The maximum atomic E-state index is 11.6. The van der Waals surface area contributed by atoms with Gasteiger partial charge in [0.2, 0.25) is 0 Å². The Balaban J connectivity index is 1.68. The van der Waals surface area contributed by atoms with Gasteiger partial charge in [0.1, 0.15) is 0 Å². The lowest BCUT2D eigenvalue weighted by molar-refractivity contribution is 0.599. The van der Waals surface area contributed by atoms with Crippen LogP contribution >= 0.6 is 11.6 Å². The zero-order chi connectivity index (χ0) is 17.2. The molecule has 1 saturated carbocycles. The van der Waals surface area contributed by atoms with Crippen molar-refractivity contribution >= 4 is 27.4 Å². The number of sulfone groups is 1. The van der Waals surface area contributed by atoms with Crippen LogP contribution in [0.1, 0.15) is 31.7 Å². The summed E-state index contributed by atoms with van der Waals surface area (Å²) >= 11 is 6.11. The molecule has 0 bridgehead atoms. The quantitative estimate of drug-likeness (QED) is 0.616. The molecule has 1 heterocycles. The Hall–Kier alpha value is -1.27. The van der Waals surface area contributed by atoms with Gasteiger partial charge in [-0.15, -0.1) is 0 Å². The molecule has 1 saturated heterocycles. The van der Waals surface area contributed by atoms with Crippen LogP contribution < -0.4 is 10.6 Å². The maximum Gasteiger partial charge on any atom is 0.191 e. The second kappa shape index (κ2) is 6.92. The summed E-state index contributed by atoms with van der Waals surface area (Å²) < 4.78 is 23.2. The number of halogens is 1. The molecular formula is C17H24ClN3O2S. The summed E-state index contributed by atoms with van der Waals surface area (Å²) in [5.74, 6) is 1.15. The van der Waals surface area contributed by atoms with E-state index in [1.54, 1.807) is 0 Å². The number of hydrogen-bond acceptors (Lipinski definition) is 3. The number of hydrogen-bond donors (Lipinski definition) is 2. The molecule has 1 unspecified atom stereocenters. The number of guanidine groups is 1. The van der Waals surface area contributed by atoms with Crippen LogP contribution in [0.3, 0.4) is 0 Å². The molecule has 3 rings (SSSR count). The van der Waals surface area contributed by atoms with Gasteiger partial charge in [0.25, 0.3) is 0 Å². The molecule has 1 aromatic rings. The molecule has 0 spiro atoms. The highest BCUT2D eigenvalue weighted by Gasteiger charge is 2.44. The van der Waals surface area contributed by atoms with Crippen molar-refractivity contribution in [2.24, 2.45) is 4.99 Å². The molecule has 24 heavy (non-hydrogen) atoms. The predicted molar refractivity (Wildman–Crippen MR) is 98.5 cm³/mol. The van der Waals surface area contributed by atoms with Gasteiger partial charge in [-0.2, -0.15) is 0 Å². The maximum absolute atomic E-state index is 11.6. The minimum Gasteiger partial charge on any atom is -0.357 e. The molecule has 0 amide bonds. The largest absolute Gasteiger partial charge is 0.357 e. The Bertz CT molecular complexity index is 729. The van der Waals surface area contributed by atoms with Crippen molar-refractivity contribution in [3.63, 3.8) is 0 Å². The second-order valence-electron chi connectivity index (χ2n) is 6.73. The van der Waals surface area contributed by atoms with Crippen LogP contribution in [0.2, 0.25) is 5.02 Å². The molecule has 0 aromatic heterocycles. The third-order valence-electron chi connectivity index (χ3n) is 4.75. The first-order valence-corrected chi connectivity index (χ1v) is 10.6. The van der Waals surface area contributed by atoms with E-state index in [2.05, 4.69) is 16.7 Å². The summed E-state index contributed by atoms with van der Waals surface area (Å²) in [5.41, 5.74) is 1.31.